The molecular formula is C17H16N2O2S. The zero-order valence-electron chi connectivity index (χ0n) is 12.7. The molecule has 0 spiro atoms. The maximum atomic E-state index is 12.7. The van der Waals surface area contributed by atoms with Gasteiger partial charge in [0.2, 0.25) is 0 Å². The number of hydrogen-bond acceptors (Lipinski definition) is 4. The number of hydrogen-bond donors (Lipinski definition) is 0. The van der Waals surface area contributed by atoms with Gasteiger partial charge in [0.05, 0.1) is 11.4 Å². The predicted octanol–water partition coefficient (Wildman–Crippen LogP) is 3.52. The van der Waals surface area contributed by atoms with Crippen LogP contribution in [0.3, 0.4) is 0 Å². The molecule has 5 heteroatoms. The van der Waals surface area contributed by atoms with Crippen molar-refractivity contribution in [1.29, 1.82) is 0 Å². The van der Waals surface area contributed by atoms with Gasteiger partial charge in [0.25, 0.3) is 5.56 Å². The largest absolute Gasteiger partial charge is 0.292 e. The number of carbonyl (C=O) groups is 1. The molecule has 0 aliphatic heterocycles. The standard InChI is InChI=1S/C17H16N2O2S/c1-10-9-14-16(22-10)18-12(3)19(17(14)21)11(2)15(20)13-7-5-4-6-8-13/h4-9,11H,1-3H3. The summed E-state index contributed by atoms with van der Waals surface area (Å²) < 4.78 is 1.49. The lowest BCUT2D eigenvalue weighted by atomic mass is 10.1. The number of Topliss-reactive ketones (excluding diaryl/α,β-unsaturated/α-hetero) is 1. The van der Waals surface area contributed by atoms with E-state index in [2.05, 4.69) is 4.98 Å². The second-order valence-corrected chi connectivity index (χ2v) is 6.55. The summed E-state index contributed by atoms with van der Waals surface area (Å²) in [6.45, 7) is 5.46. The fourth-order valence-electron chi connectivity index (χ4n) is 2.63. The fourth-order valence-corrected chi connectivity index (χ4v) is 3.55. The Hall–Kier alpha value is -2.27. The van der Waals surface area contributed by atoms with E-state index in [0.717, 1.165) is 9.71 Å². The van der Waals surface area contributed by atoms with E-state index in [1.54, 1.807) is 26.0 Å². The molecule has 0 amide bonds. The lowest BCUT2D eigenvalue weighted by molar-refractivity contribution is 0.0931. The Morgan fingerprint density at radius 2 is 1.91 bits per heavy atom. The van der Waals surface area contributed by atoms with E-state index >= 15 is 0 Å². The molecule has 2 heterocycles. The van der Waals surface area contributed by atoms with Gasteiger partial charge in [-0.05, 0) is 26.8 Å². The number of fused-ring (bicyclic) bond motifs is 1. The first-order valence-corrected chi connectivity index (χ1v) is 7.89. The van der Waals surface area contributed by atoms with Gasteiger partial charge in [-0.1, -0.05) is 30.3 Å². The van der Waals surface area contributed by atoms with Crippen LogP contribution < -0.4 is 5.56 Å². The number of rotatable bonds is 3. The van der Waals surface area contributed by atoms with E-state index in [0.29, 0.717) is 16.8 Å². The summed E-state index contributed by atoms with van der Waals surface area (Å²) in [5, 5.41) is 0.584. The van der Waals surface area contributed by atoms with Crippen molar-refractivity contribution in [2.45, 2.75) is 26.8 Å². The SMILES string of the molecule is Cc1cc2c(=O)n(C(C)C(=O)c3ccccc3)c(C)nc2s1. The summed E-state index contributed by atoms with van der Waals surface area (Å²) in [6, 6.07) is 10.3. The lowest BCUT2D eigenvalue weighted by Crippen LogP contribution is -2.30. The van der Waals surface area contributed by atoms with Crippen molar-refractivity contribution in [3.05, 3.63) is 63.0 Å². The van der Waals surface area contributed by atoms with Crippen molar-refractivity contribution in [2.75, 3.05) is 0 Å². The van der Waals surface area contributed by atoms with E-state index in [1.165, 1.54) is 15.9 Å². The first-order valence-electron chi connectivity index (χ1n) is 7.07. The van der Waals surface area contributed by atoms with Crippen LogP contribution >= 0.6 is 11.3 Å². The smallest absolute Gasteiger partial charge is 0.262 e. The minimum absolute atomic E-state index is 0.0844. The van der Waals surface area contributed by atoms with Crippen LogP contribution in [-0.2, 0) is 0 Å². The van der Waals surface area contributed by atoms with Gasteiger partial charge in [0, 0.05) is 10.4 Å². The van der Waals surface area contributed by atoms with Gasteiger partial charge in [0.1, 0.15) is 10.7 Å². The van der Waals surface area contributed by atoms with Crippen molar-refractivity contribution >= 4 is 27.3 Å². The van der Waals surface area contributed by atoms with Crippen LogP contribution in [0.5, 0.6) is 0 Å². The van der Waals surface area contributed by atoms with Crippen LogP contribution in [0.15, 0.2) is 41.2 Å². The lowest BCUT2D eigenvalue weighted by Gasteiger charge is -2.16. The van der Waals surface area contributed by atoms with E-state index in [1.807, 2.05) is 31.2 Å². The summed E-state index contributed by atoms with van der Waals surface area (Å²) in [5.41, 5.74) is 0.450. The topological polar surface area (TPSA) is 52.0 Å². The molecular weight excluding hydrogens is 296 g/mol. The third-order valence-electron chi connectivity index (χ3n) is 3.72. The minimum atomic E-state index is -0.577. The van der Waals surface area contributed by atoms with E-state index in [4.69, 9.17) is 0 Å². The summed E-state index contributed by atoms with van der Waals surface area (Å²) >= 11 is 1.50. The normalized spacial score (nSPS) is 12.5. The van der Waals surface area contributed by atoms with Crippen molar-refractivity contribution < 1.29 is 4.79 Å². The summed E-state index contributed by atoms with van der Waals surface area (Å²) in [6.07, 6.45) is 0. The highest BCUT2D eigenvalue weighted by Gasteiger charge is 2.21. The molecule has 0 saturated heterocycles. The van der Waals surface area contributed by atoms with Gasteiger partial charge in [-0.2, -0.15) is 0 Å². The molecule has 0 fully saturated rings. The minimum Gasteiger partial charge on any atom is -0.292 e. The van der Waals surface area contributed by atoms with Crippen LogP contribution in [0.4, 0.5) is 0 Å². The molecule has 0 bridgehead atoms. The number of ketones is 1. The molecule has 0 radical (unpaired) electrons. The van der Waals surface area contributed by atoms with Crippen LogP contribution in [0.25, 0.3) is 10.2 Å². The third kappa shape index (κ3) is 2.37. The van der Waals surface area contributed by atoms with Crippen LogP contribution in [0, 0.1) is 13.8 Å². The van der Waals surface area contributed by atoms with E-state index < -0.39 is 6.04 Å². The van der Waals surface area contributed by atoms with Crippen molar-refractivity contribution in [2.24, 2.45) is 0 Å². The number of benzene rings is 1. The van der Waals surface area contributed by atoms with Gasteiger partial charge in [-0.25, -0.2) is 4.98 Å². The molecule has 4 nitrogen and oxygen atoms in total. The molecule has 1 atom stereocenters. The number of nitrogens with zero attached hydrogens (tertiary/aromatic N) is 2. The molecule has 0 aliphatic rings. The van der Waals surface area contributed by atoms with E-state index in [9.17, 15) is 9.59 Å². The van der Waals surface area contributed by atoms with Gasteiger partial charge in [-0.15, -0.1) is 11.3 Å². The molecule has 1 unspecified atom stereocenters. The Morgan fingerprint density at radius 3 is 2.59 bits per heavy atom. The van der Waals surface area contributed by atoms with Crippen molar-refractivity contribution in [3.63, 3.8) is 0 Å². The Kier molecular flexibility index (Phi) is 3.66. The third-order valence-corrected chi connectivity index (χ3v) is 4.67. The van der Waals surface area contributed by atoms with Gasteiger partial charge in [-0.3, -0.25) is 14.2 Å². The second-order valence-electron chi connectivity index (χ2n) is 5.32. The highest BCUT2D eigenvalue weighted by molar-refractivity contribution is 7.18. The molecule has 0 saturated carbocycles. The van der Waals surface area contributed by atoms with Crippen LogP contribution in [0.1, 0.15) is 34.0 Å². The van der Waals surface area contributed by atoms with Gasteiger partial charge in [0.15, 0.2) is 5.78 Å². The average molecular weight is 312 g/mol. The van der Waals surface area contributed by atoms with Crippen molar-refractivity contribution in [3.8, 4) is 0 Å². The number of aryl methyl sites for hydroxylation is 2. The van der Waals surface area contributed by atoms with Crippen molar-refractivity contribution in [1.82, 2.24) is 9.55 Å². The highest BCUT2D eigenvalue weighted by Crippen LogP contribution is 2.22. The van der Waals surface area contributed by atoms with Gasteiger partial charge < -0.3 is 0 Å². The van der Waals surface area contributed by atoms with E-state index in [-0.39, 0.29) is 11.3 Å². The number of aromatic nitrogens is 2. The molecule has 2 aromatic heterocycles. The molecule has 0 N–H and O–H groups in total. The zero-order chi connectivity index (χ0) is 15.9. The summed E-state index contributed by atoms with van der Waals surface area (Å²) in [5.74, 6) is 0.482. The maximum Gasteiger partial charge on any atom is 0.262 e. The Balaban J connectivity index is 2.13. The molecule has 1 aromatic carbocycles. The molecule has 3 aromatic rings. The average Bonchev–Trinajstić information content (AvgIpc) is 2.88. The Bertz CT molecular complexity index is 910. The van der Waals surface area contributed by atoms with Gasteiger partial charge >= 0.3 is 0 Å². The van der Waals surface area contributed by atoms with Crippen LogP contribution in [0.2, 0.25) is 0 Å². The Labute approximate surface area is 132 Å². The highest BCUT2D eigenvalue weighted by atomic mass is 32.1. The predicted molar refractivity (Wildman–Crippen MR) is 88.8 cm³/mol. The molecule has 112 valence electrons. The van der Waals surface area contributed by atoms with Crippen LogP contribution in [-0.4, -0.2) is 15.3 Å². The first-order chi connectivity index (χ1) is 10.5. The summed E-state index contributed by atoms with van der Waals surface area (Å²) in [4.78, 5) is 31.6. The first kappa shape index (κ1) is 14.7. The number of carbonyl (C=O) groups excluding carboxylic acids is 1. The zero-order valence-corrected chi connectivity index (χ0v) is 13.5. The quantitative estimate of drug-likeness (QED) is 0.695. The molecule has 22 heavy (non-hydrogen) atoms. The Morgan fingerprint density at radius 1 is 1.23 bits per heavy atom. The number of thiophene rings is 1. The molecule has 0 aliphatic carbocycles. The second kappa shape index (κ2) is 5.50. The monoisotopic (exact) mass is 312 g/mol. The fraction of sp³-hybridized carbons (Fsp3) is 0.235. The maximum absolute atomic E-state index is 12.7. The molecule has 3 rings (SSSR count). The summed E-state index contributed by atoms with van der Waals surface area (Å²) in [7, 11) is 0.